The van der Waals surface area contributed by atoms with Crippen molar-refractivity contribution in [1.82, 2.24) is 4.90 Å². The van der Waals surface area contributed by atoms with Gasteiger partial charge in [0.25, 0.3) is 0 Å². The Bertz CT molecular complexity index is 507. The molecule has 3 rings (SSSR count). The summed E-state index contributed by atoms with van der Waals surface area (Å²) in [6.07, 6.45) is 2.13. The maximum atomic E-state index is 12.6. The lowest BCUT2D eigenvalue weighted by atomic mass is 9.95. The third-order valence-electron chi connectivity index (χ3n) is 5.36. The quantitative estimate of drug-likeness (QED) is 0.933. The van der Waals surface area contributed by atoms with E-state index in [-0.39, 0.29) is 35.7 Å². The molecule has 1 saturated heterocycles. The minimum atomic E-state index is 0. The maximum Gasteiger partial charge on any atom is 0.226 e. The molecule has 4 atom stereocenters. The zero-order chi connectivity index (χ0) is 14.3. The van der Waals surface area contributed by atoms with Crippen molar-refractivity contribution in [2.24, 2.45) is 17.1 Å². The van der Waals surface area contributed by atoms with Crippen LogP contribution in [0, 0.1) is 11.3 Å². The topological polar surface area (TPSA) is 46.3 Å². The van der Waals surface area contributed by atoms with Gasteiger partial charge in [0.15, 0.2) is 0 Å². The normalized spacial score (nSPS) is 34.4. The molecular formula is C17H25ClN2O. The summed E-state index contributed by atoms with van der Waals surface area (Å²) in [5.74, 6) is 0.837. The largest absolute Gasteiger partial charge is 0.340 e. The third kappa shape index (κ3) is 2.95. The fourth-order valence-electron chi connectivity index (χ4n) is 3.47. The molecule has 1 aliphatic carbocycles. The van der Waals surface area contributed by atoms with E-state index in [9.17, 15) is 4.79 Å². The molecule has 0 spiro atoms. The van der Waals surface area contributed by atoms with Gasteiger partial charge in [-0.05, 0) is 23.8 Å². The monoisotopic (exact) mass is 308 g/mol. The minimum absolute atomic E-state index is 0. The summed E-state index contributed by atoms with van der Waals surface area (Å²) in [7, 11) is 0. The first-order chi connectivity index (χ1) is 9.55. The summed E-state index contributed by atoms with van der Waals surface area (Å²) in [6.45, 7) is 5.88. The van der Waals surface area contributed by atoms with Gasteiger partial charge >= 0.3 is 0 Å². The number of likely N-dealkylation sites (tertiary alicyclic amines) is 1. The molecule has 1 amide bonds. The van der Waals surface area contributed by atoms with E-state index in [2.05, 4.69) is 26.0 Å². The number of hydrogen-bond acceptors (Lipinski definition) is 2. The molecule has 1 heterocycles. The van der Waals surface area contributed by atoms with Gasteiger partial charge in [0, 0.05) is 31.0 Å². The molecule has 1 aromatic rings. The number of carbonyl (C=O) groups is 1. The maximum absolute atomic E-state index is 12.6. The fourth-order valence-corrected chi connectivity index (χ4v) is 3.47. The average Bonchev–Trinajstić information content (AvgIpc) is 3.00. The van der Waals surface area contributed by atoms with E-state index >= 15 is 0 Å². The molecule has 4 heteroatoms. The van der Waals surface area contributed by atoms with Gasteiger partial charge in [-0.2, -0.15) is 0 Å². The summed E-state index contributed by atoms with van der Waals surface area (Å²) in [5.41, 5.74) is 7.76. The highest BCUT2D eigenvalue weighted by Gasteiger charge is 2.55. The highest BCUT2D eigenvalue weighted by atomic mass is 35.5. The summed E-state index contributed by atoms with van der Waals surface area (Å²) in [6, 6.07) is 10.4. The van der Waals surface area contributed by atoms with Gasteiger partial charge in [0.05, 0.1) is 0 Å². The zero-order valence-corrected chi connectivity index (χ0v) is 13.6. The second kappa shape index (κ2) is 5.98. The lowest BCUT2D eigenvalue weighted by Crippen LogP contribution is -2.34. The van der Waals surface area contributed by atoms with E-state index in [1.807, 2.05) is 23.1 Å². The van der Waals surface area contributed by atoms with Crippen LogP contribution in [0.15, 0.2) is 30.3 Å². The Balaban J connectivity index is 0.00000161. The van der Waals surface area contributed by atoms with Crippen molar-refractivity contribution in [3.05, 3.63) is 35.9 Å². The molecule has 21 heavy (non-hydrogen) atoms. The first kappa shape index (κ1) is 16.3. The molecule has 1 aromatic carbocycles. The Morgan fingerprint density at radius 1 is 1.33 bits per heavy atom. The minimum Gasteiger partial charge on any atom is -0.340 e. The van der Waals surface area contributed by atoms with Gasteiger partial charge in [-0.15, -0.1) is 12.4 Å². The second-order valence-corrected chi connectivity index (χ2v) is 6.69. The summed E-state index contributed by atoms with van der Waals surface area (Å²) < 4.78 is 0. The van der Waals surface area contributed by atoms with Crippen molar-refractivity contribution in [2.45, 2.75) is 38.6 Å². The van der Waals surface area contributed by atoms with Crippen LogP contribution in [0.1, 0.15) is 38.2 Å². The van der Waals surface area contributed by atoms with Gasteiger partial charge in [-0.3, -0.25) is 4.79 Å². The second-order valence-electron chi connectivity index (χ2n) is 6.69. The van der Waals surface area contributed by atoms with Gasteiger partial charge in [0.2, 0.25) is 5.91 Å². The molecule has 0 aromatic heterocycles. The van der Waals surface area contributed by atoms with Crippen LogP contribution in [0.4, 0.5) is 0 Å². The number of hydrogen-bond donors (Lipinski definition) is 1. The molecule has 0 bridgehead atoms. The van der Waals surface area contributed by atoms with Crippen LogP contribution in [-0.2, 0) is 4.79 Å². The number of halogens is 1. The summed E-state index contributed by atoms with van der Waals surface area (Å²) in [5, 5.41) is 0. The Kier molecular flexibility index (Phi) is 4.64. The zero-order valence-electron chi connectivity index (χ0n) is 12.8. The van der Waals surface area contributed by atoms with E-state index in [0.717, 1.165) is 19.4 Å². The number of benzene rings is 1. The first-order valence-corrected chi connectivity index (χ1v) is 7.64. The first-order valence-electron chi connectivity index (χ1n) is 7.64. The molecule has 0 radical (unpaired) electrons. The number of carbonyl (C=O) groups excluding carboxylic acids is 1. The predicted octanol–water partition coefficient (Wildman–Crippen LogP) is 2.80. The molecule has 1 aliphatic heterocycles. The Morgan fingerprint density at radius 2 is 2.00 bits per heavy atom. The molecule has 2 aliphatic rings. The molecular weight excluding hydrogens is 284 g/mol. The van der Waals surface area contributed by atoms with Gasteiger partial charge in [-0.1, -0.05) is 44.2 Å². The van der Waals surface area contributed by atoms with E-state index in [1.54, 1.807) is 0 Å². The van der Waals surface area contributed by atoms with Gasteiger partial charge in [-0.25, -0.2) is 0 Å². The summed E-state index contributed by atoms with van der Waals surface area (Å²) >= 11 is 0. The molecule has 2 N–H and O–H groups in total. The number of amides is 1. The van der Waals surface area contributed by atoms with E-state index < -0.39 is 0 Å². The van der Waals surface area contributed by atoms with E-state index in [0.29, 0.717) is 12.5 Å². The predicted molar refractivity (Wildman–Crippen MR) is 87.5 cm³/mol. The highest BCUT2D eigenvalue weighted by molar-refractivity contribution is 5.85. The van der Waals surface area contributed by atoms with Crippen LogP contribution in [0.3, 0.4) is 0 Å². The smallest absolute Gasteiger partial charge is 0.226 e. The van der Waals surface area contributed by atoms with Crippen LogP contribution in [-0.4, -0.2) is 29.9 Å². The molecule has 116 valence electrons. The van der Waals surface area contributed by atoms with Crippen LogP contribution in [0.2, 0.25) is 0 Å². The standard InChI is InChI=1S/C17H24N2O.ClH/c1-3-17(2)9-14(17)16(20)19-10-13(15(18)11-19)12-7-5-4-6-8-12;/h4-8,13-15H,3,9-11,18H2,1-2H3;1H/t13-,14?,15+,17?;/m0./s1. The Labute approximate surface area is 133 Å². The number of nitrogens with two attached hydrogens (primary N) is 1. The van der Waals surface area contributed by atoms with E-state index in [1.165, 1.54) is 5.56 Å². The van der Waals surface area contributed by atoms with Crippen molar-refractivity contribution < 1.29 is 4.79 Å². The van der Waals surface area contributed by atoms with Gasteiger partial charge in [0.1, 0.15) is 0 Å². The van der Waals surface area contributed by atoms with Crippen LogP contribution in [0.5, 0.6) is 0 Å². The van der Waals surface area contributed by atoms with Crippen LogP contribution < -0.4 is 5.73 Å². The van der Waals surface area contributed by atoms with Crippen molar-refractivity contribution in [3.63, 3.8) is 0 Å². The van der Waals surface area contributed by atoms with Crippen molar-refractivity contribution in [3.8, 4) is 0 Å². The van der Waals surface area contributed by atoms with Gasteiger partial charge < -0.3 is 10.6 Å². The van der Waals surface area contributed by atoms with Crippen LogP contribution in [0.25, 0.3) is 0 Å². The number of nitrogens with zero attached hydrogens (tertiary/aromatic N) is 1. The van der Waals surface area contributed by atoms with Crippen molar-refractivity contribution >= 4 is 18.3 Å². The third-order valence-corrected chi connectivity index (χ3v) is 5.36. The number of rotatable bonds is 3. The Morgan fingerprint density at radius 3 is 2.57 bits per heavy atom. The Hall–Kier alpha value is -1.06. The molecule has 2 fully saturated rings. The molecule has 2 unspecified atom stereocenters. The summed E-state index contributed by atoms with van der Waals surface area (Å²) in [4.78, 5) is 14.6. The lowest BCUT2D eigenvalue weighted by Gasteiger charge is -2.18. The van der Waals surface area contributed by atoms with Crippen LogP contribution >= 0.6 is 12.4 Å². The molecule has 1 saturated carbocycles. The highest BCUT2D eigenvalue weighted by Crippen LogP contribution is 2.55. The van der Waals surface area contributed by atoms with Crippen molar-refractivity contribution in [2.75, 3.05) is 13.1 Å². The van der Waals surface area contributed by atoms with Crippen molar-refractivity contribution in [1.29, 1.82) is 0 Å². The SMILES string of the molecule is CCC1(C)CC1C(=O)N1C[C@@H](N)[C@H](c2ccccc2)C1.Cl. The fraction of sp³-hybridized carbons (Fsp3) is 0.588. The lowest BCUT2D eigenvalue weighted by molar-refractivity contribution is -0.132. The average molecular weight is 309 g/mol. The van der Waals surface area contributed by atoms with E-state index in [4.69, 9.17) is 5.73 Å². The molecule has 3 nitrogen and oxygen atoms in total.